The van der Waals surface area contributed by atoms with E-state index in [0.717, 1.165) is 69.7 Å². The quantitative estimate of drug-likeness (QED) is 0.215. The van der Waals surface area contributed by atoms with E-state index in [4.69, 9.17) is 9.72 Å². The monoisotopic (exact) mass is 556 g/mol. The fraction of sp³-hybridized carbons (Fsp3) is 0.206. The Labute approximate surface area is 244 Å². The highest BCUT2D eigenvalue weighted by atomic mass is 16.5. The van der Waals surface area contributed by atoms with Crippen LogP contribution in [-0.4, -0.2) is 37.3 Å². The molecule has 0 saturated heterocycles. The van der Waals surface area contributed by atoms with E-state index in [-0.39, 0.29) is 5.56 Å². The maximum Gasteiger partial charge on any atom is 0.261 e. The Morgan fingerprint density at radius 1 is 0.881 bits per heavy atom. The zero-order chi connectivity index (χ0) is 28.9. The van der Waals surface area contributed by atoms with Crippen molar-refractivity contribution in [2.75, 3.05) is 7.11 Å². The van der Waals surface area contributed by atoms with Crippen LogP contribution < -0.4 is 10.3 Å². The Kier molecular flexibility index (Phi) is 7.85. The van der Waals surface area contributed by atoms with Gasteiger partial charge in [0.25, 0.3) is 5.56 Å². The van der Waals surface area contributed by atoms with Crippen LogP contribution in [0.15, 0.2) is 95.8 Å². The highest BCUT2D eigenvalue weighted by Gasteiger charge is 2.14. The summed E-state index contributed by atoms with van der Waals surface area (Å²) >= 11 is 0. The van der Waals surface area contributed by atoms with Gasteiger partial charge in [-0.2, -0.15) is 5.21 Å². The molecular formula is C34H32N6O2. The first-order valence-electron chi connectivity index (χ1n) is 14.2. The lowest BCUT2D eigenvalue weighted by Gasteiger charge is -2.15. The maximum absolute atomic E-state index is 14.0. The Morgan fingerprint density at radius 3 is 2.40 bits per heavy atom. The fourth-order valence-corrected chi connectivity index (χ4v) is 5.36. The second-order valence-corrected chi connectivity index (χ2v) is 10.3. The number of tetrazole rings is 1. The number of aromatic amines is 1. The number of ether oxygens (including phenoxy) is 1. The minimum Gasteiger partial charge on any atom is -0.496 e. The molecule has 0 fully saturated rings. The third kappa shape index (κ3) is 5.56. The van der Waals surface area contributed by atoms with Gasteiger partial charge in [0.05, 0.1) is 24.6 Å². The van der Waals surface area contributed by atoms with Crippen molar-refractivity contribution < 1.29 is 4.74 Å². The third-order valence-corrected chi connectivity index (χ3v) is 7.56. The van der Waals surface area contributed by atoms with Crippen LogP contribution in [0.3, 0.4) is 0 Å². The summed E-state index contributed by atoms with van der Waals surface area (Å²) in [4.78, 5) is 19.0. The van der Waals surface area contributed by atoms with E-state index in [1.807, 2.05) is 59.2 Å². The summed E-state index contributed by atoms with van der Waals surface area (Å²) < 4.78 is 7.38. The van der Waals surface area contributed by atoms with E-state index in [2.05, 4.69) is 63.9 Å². The number of methoxy groups -OCH3 is 1. The molecule has 0 saturated carbocycles. The first-order valence-corrected chi connectivity index (χ1v) is 14.2. The Bertz CT molecular complexity index is 1880. The molecule has 0 atom stereocenters. The summed E-state index contributed by atoms with van der Waals surface area (Å²) in [6.07, 6.45) is 3.42. The van der Waals surface area contributed by atoms with Crippen molar-refractivity contribution in [3.8, 4) is 28.3 Å². The number of hydrogen-bond acceptors (Lipinski definition) is 6. The number of fused-ring (bicyclic) bond motifs is 1. The highest BCUT2D eigenvalue weighted by Crippen LogP contribution is 2.30. The first kappa shape index (κ1) is 27.1. The standard InChI is InChI=1S/C34H32N6O2/c1-3-4-13-32-35-30-19-16-24(20-26-9-5-8-12-31(26)42-2)21-29(30)34(41)40(32)22-23-14-17-25(18-15-23)27-10-6-7-11-28(27)33-36-38-39-37-33/h5-12,14-19,21H,3-4,13,20,22H2,1-2H3,(H,36,37,38,39). The van der Waals surface area contributed by atoms with E-state index in [9.17, 15) is 4.79 Å². The Balaban J connectivity index is 1.34. The smallest absolute Gasteiger partial charge is 0.261 e. The average molecular weight is 557 g/mol. The molecule has 2 heterocycles. The molecule has 42 heavy (non-hydrogen) atoms. The molecule has 0 aliphatic rings. The summed E-state index contributed by atoms with van der Waals surface area (Å²) in [5, 5.41) is 15.2. The Morgan fingerprint density at radius 2 is 1.64 bits per heavy atom. The lowest BCUT2D eigenvalue weighted by molar-refractivity contribution is 0.410. The number of rotatable bonds is 10. The van der Waals surface area contributed by atoms with Gasteiger partial charge >= 0.3 is 0 Å². The van der Waals surface area contributed by atoms with Crippen LogP contribution in [0, 0.1) is 0 Å². The van der Waals surface area contributed by atoms with Gasteiger partial charge in [0, 0.05) is 18.4 Å². The van der Waals surface area contributed by atoms with Crippen molar-refractivity contribution in [3.63, 3.8) is 0 Å². The van der Waals surface area contributed by atoms with Gasteiger partial charge in [-0.3, -0.25) is 9.36 Å². The van der Waals surface area contributed by atoms with Crippen molar-refractivity contribution in [2.45, 2.75) is 39.2 Å². The second kappa shape index (κ2) is 12.2. The van der Waals surface area contributed by atoms with E-state index < -0.39 is 0 Å². The molecule has 6 rings (SSSR count). The summed E-state index contributed by atoms with van der Waals surface area (Å²) in [7, 11) is 1.68. The van der Waals surface area contributed by atoms with Crippen molar-refractivity contribution in [1.29, 1.82) is 0 Å². The number of H-pyrrole nitrogens is 1. The predicted octanol–water partition coefficient (Wildman–Crippen LogP) is 6.23. The van der Waals surface area contributed by atoms with Gasteiger partial charge in [-0.25, -0.2) is 4.98 Å². The molecule has 0 aliphatic carbocycles. The first-order chi connectivity index (χ1) is 20.6. The fourth-order valence-electron chi connectivity index (χ4n) is 5.36. The molecule has 8 nitrogen and oxygen atoms in total. The zero-order valence-corrected chi connectivity index (χ0v) is 23.7. The predicted molar refractivity (Wildman–Crippen MR) is 165 cm³/mol. The summed E-state index contributed by atoms with van der Waals surface area (Å²) in [5.74, 6) is 2.21. The molecule has 0 unspecified atom stereocenters. The van der Waals surface area contributed by atoms with Crippen molar-refractivity contribution in [1.82, 2.24) is 30.2 Å². The number of unbranched alkanes of at least 4 members (excludes halogenated alkanes) is 1. The summed E-state index contributed by atoms with van der Waals surface area (Å²) in [6, 6.07) is 30.3. The van der Waals surface area contributed by atoms with Gasteiger partial charge < -0.3 is 4.74 Å². The second-order valence-electron chi connectivity index (χ2n) is 10.3. The topological polar surface area (TPSA) is 98.6 Å². The highest BCUT2D eigenvalue weighted by molar-refractivity contribution is 5.80. The number of para-hydroxylation sites is 1. The van der Waals surface area contributed by atoms with Gasteiger partial charge in [-0.05, 0) is 57.7 Å². The zero-order valence-electron chi connectivity index (χ0n) is 23.7. The lowest BCUT2D eigenvalue weighted by atomic mass is 9.98. The molecule has 2 aromatic heterocycles. The van der Waals surface area contributed by atoms with Crippen LogP contribution in [0.5, 0.6) is 5.75 Å². The third-order valence-electron chi connectivity index (χ3n) is 7.56. The molecule has 0 bridgehead atoms. The van der Waals surface area contributed by atoms with E-state index in [0.29, 0.717) is 24.2 Å². The van der Waals surface area contributed by atoms with Crippen LogP contribution >= 0.6 is 0 Å². The van der Waals surface area contributed by atoms with Gasteiger partial charge in [0.2, 0.25) is 5.82 Å². The van der Waals surface area contributed by atoms with Gasteiger partial charge in [0.1, 0.15) is 11.6 Å². The van der Waals surface area contributed by atoms with E-state index in [1.165, 1.54) is 0 Å². The number of nitrogens with zero attached hydrogens (tertiary/aromatic N) is 5. The van der Waals surface area contributed by atoms with Crippen LogP contribution in [0.4, 0.5) is 0 Å². The number of nitrogens with one attached hydrogen (secondary N) is 1. The van der Waals surface area contributed by atoms with Crippen molar-refractivity contribution >= 4 is 10.9 Å². The van der Waals surface area contributed by atoms with Crippen LogP contribution in [-0.2, 0) is 19.4 Å². The van der Waals surface area contributed by atoms with Gasteiger partial charge in [-0.15, -0.1) is 10.2 Å². The molecule has 210 valence electrons. The minimum absolute atomic E-state index is 0.0143. The largest absolute Gasteiger partial charge is 0.496 e. The van der Waals surface area contributed by atoms with Crippen LogP contribution in [0.25, 0.3) is 33.4 Å². The molecule has 0 spiro atoms. The number of benzene rings is 4. The number of hydrogen-bond donors (Lipinski definition) is 1. The Hall–Kier alpha value is -5.11. The molecular weight excluding hydrogens is 524 g/mol. The summed E-state index contributed by atoms with van der Waals surface area (Å²) in [6.45, 7) is 2.60. The average Bonchev–Trinajstić information content (AvgIpc) is 3.58. The molecule has 8 heteroatoms. The van der Waals surface area contributed by atoms with Crippen LogP contribution in [0.1, 0.15) is 42.3 Å². The maximum atomic E-state index is 14.0. The molecule has 0 amide bonds. The van der Waals surface area contributed by atoms with Crippen molar-refractivity contribution in [3.05, 3.63) is 124 Å². The molecule has 0 aliphatic heterocycles. The SMILES string of the molecule is CCCCc1nc2ccc(Cc3ccccc3OC)cc2c(=O)n1Cc1ccc(-c2ccccc2-c2nn[nH]n2)cc1. The van der Waals surface area contributed by atoms with E-state index >= 15 is 0 Å². The molecule has 1 N–H and O–H groups in total. The molecule has 0 radical (unpaired) electrons. The summed E-state index contributed by atoms with van der Waals surface area (Å²) in [5.41, 5.74) is 6.83. The molecule has 4 aromatic carbocycles. The molecule has 6 aromatic rings. The number of aromatic nitrogens is 6. The van der Waals surface area contributed by atoms with E-state index in [1.54, 1.807) is 7.11 Å². The van der Waals surface area contributed by atoms with Crippen LogP contribution in [0.2, 0.25) is 0 Å². The minimum atomic E-state index is -0.0143. The van der Waals surface area contributed by atoms with Gasteiger partial charge in [-0.1, -0.05) is 86.1 Å². The van der Waals surface area contributed by atoms with Gasteiger partial charge in [0.15, 0.2) is 0 Å². The lowest BCUT2D eigenvalue weighted by Crippen LogP contribution is -2.26. The number of aryl methyl sites for hydroxylation is 1. The van der Waals surface area contributed by atoms with Crippen molar-refractivity contribution in [2.24, 2.45) is 0 Å². The normalized spacial score (nSPS) is 11.2.